The van der Waals surface area contributed by atoms with Gasteiger partial charge in [-0.25, -0.2) is 0 Å². The summed E-state index contributed by atoms with van der Waals surface area (Å²) >= 11 is 0. The third-order valence-electron chi connectivity index (χ3n) is 5.63. The van der Waals surface area contributed by atoms with E-state index >= 15 is 0 Å². The molecule has 0 radical (unpaired) electrons. The summed E-state index contributed by atoms with van der Waals surface area (Å²) in [5.41, 5.74) is 5.26. The summed E-state index contributed by atoms with van der Waals surface area (Å²) in [7, 11) is 6.79. The van der Waals surface area contributed by atoms with E-state index in [2.05, 4.69) is 23.1 Å². The average molecular weight is 355 g/mol. The summed E-state index contributed by atoms with van der Waals surface area (Å²) in [6.07, 6.45) is 1.96. The third kappa shape index (κ3) is 2.58. The van der Waals surface area contributed by atoms with E-state index < -0.39 is 0 Å². The van der Waals surface area contributed by atoms with Gasteiger partial charge < -0.3 is 18.9 Å². The average Bonchev–Trinajstić information content (AvgIpc) is 2.70. The molecule has 5 heteroatoms. The van der Waals surface area contributed by atoms with E-state index in [9.17, 15) is 0 Å². The molecule has 2 aliphatic rings. The van der Waals surface area contributed by atoms with E-state index in [1.54, 1.807) is 28.4 Å². The Labute approximate surface area is 154 Å². The number of nitrogens with zero attached hydrogens (tertiary/aromatic N) is 1. The van der Waals surface area contributed by atoms with Crippen LogP contribution in [0.1, 0.15) is 28.3 Å². The van der Waals surface area contributed by atoms with Crippen molar-refractivity contribution in [3.8, 4) is 23.0 Å². The molecule has 0 bridgehead atoms. The molecule has 2 heterocycles. The van der Waals surface area contributed by atoms with E-state index in [4.69, 9.17) is 18.9 Å². The Balaban J connectivity index is 1.76. The molecule has 4 rings (SSSR count). The molecule has 1 atom stereocenters. The van der Waals surface area contributed by atoms with Crippen LogP contribution >= 0.6 is 0 Å². The van der Waals surface area contributed by atoms with Crippen molar-refractivity contribution in [2.24, 2.45) is 0 Å². The smallest absolute Gasteiger partial charge is 0.165 e. The normalized spacial score (nSPS) is 18.4. The van der Waals surface area contributed by atoms with Crippen molar-refractivity contribution in [1.82, 2.24) is 4.90 Å². The van der Waals surface area contributed by atoms with E-state index in [0.717, 1.165) is 48.9 Å². The molecule has 138 valence electrons. The maximum atomic E-state index is 5.66. The highest BCUT2D eigenvalue weighted by Gasteiger charge is 2.34. The Bertz CT molecular complexity index is 833. The van der Waals surface area contributed by atoms with E-state index in [1.165, 1.54) is 22.3 Å². The van der Waals surface area contributed by atoms with Crippen LogP contribution in [-0.4, -0.2) is 39.9 Å². The lowest BCUT2D eigenvalue weighted by Gasteiger charge is -2.42. The van der Waals surface area contributed by atoms with E-state index in [0.29, 0.717) is 6.04 Å². The Morgan fingerprint density at radius 3 is 2.27 bits per heavy atom. The number of benzene rings is 2. The van der Waals surface area contributed by atoms with Crippen LogP contribution in [0.5, 0.6) is 23.0 Å². The highest BCUT2D eigenvalue weighted by Crippen LogP contribution is 2.45. The van der Waals surface area contributed by atoms with Gasteiger partial charge in [0.05, 0.1) is 28.4 Å². The molecule has 0 saturated carbocycles. The van der Waals surface area contributed by atoms with Crippen molar-refractivity contribution < 1.29 is 18.9 Å². The van der Waals surface area contributed by atoms with Gasteiger partial charge in [0.2, 0.25) is 0 Å². The first kappa shape index (κ1) is 17.0. The number of hydrogen-bond donors (Lipinski definition) is 0. The van der Waals surface area contributed by atoms with Crippen molar-refractivity contribution in [1.29, 1.82) is 0 Å². The van der Waals surface area contributed by atoms with Gasteiger partial charge in [-0.2, -0.15) is 0 Å². The maximum absolute atomic E-state index is 5.66. The van der Waals surface area contributed by atoms with Crippen molar-refractivity contribution in [3.63, 3.8) is 0 Å². The summed E-state index contributed by atoms with van der Waals surface area (Å²) in [6.45, 7) is 1.89. The van der Waals surface area contributed by atoms with Crippen LogP contribution in [0, 0.1) is 0 Å². The minimum atomic E-state index is 0.351. The Morgan fingerprint density at radius 2 is 1.58 bits per heavy atom. The monoisotopic (exact) mass is 355 g/mol. The van der Waals surface area contributed by atoms with Crippen LogP contribution in [0.15, 0.2) is 24.3 Å². The predicted molar refractivity (Wildman–Crippen MR) is 99.7 cm³/mol. The van der Waals surface area contributed by atoms with Gasteiger partial charge in [-0.05, 0) is 47.7 Å². The maximum Gasteiger partial charge on any atom is 0.165 e. The molecule has 0 spiro atoms. The number of fused-ring (bicyclic) bond motifs is 4. The zero-order chi connectivity index (χ0) is 18.3. The molecule has 2 aliphatic heterocycles. The molecule has 0 aliphatic carbocycles. The highest BCUT2D eigenvalue weighted by atomic mass is 16.5. The van der Waals surface area contributed by atoms with Crippen LogP contribution < -0.4 is 18.9 Å². The molecular weight excluding hydrogens is 330 g/mol. The first-order chi connectivity index (χ1) is 12.7. The summed E-state index contributed by atoms with van der Waals surface area (Å²) in [5.74, 6) is 3.27. The first-order valence-corrected chi connectivity index (χ1v) is 8.91. The second-order valence-corrected chi connectivity index (χ2v) is 6.79. The molecule has 0 unspecified atom stereocenters. The van der Waals surface area contributed by atoms with Crippen LogP contribution in [0.4, 0.5) is 0 Å². The summed E-state index contributed by atoms with van der Waals surface area (Å²) in [4.78, 5) is 2.53. The van der Waals surface area contributed by atoms with Crippen LogP contribution in [-0.2, 0) is 19.4 Å². The SMILES string of the molecule is COc1cc2c(cc1OC)[C@H]1Cc3ccc(OC)c(OC)c3CN1CC2. The van der Waals surface area contributed by atoms with Gasteiger partial charge in [-0.3, -0.25) is 4.90 Å². The lowest BCUT2D eigenvalue weighted by molar-refractivity contribution is 0.157. The molecule has 0 amide bonds. The fourth-order valence-electron chi connectivity index (χ4n) is 4.32. The quantitative estimate of drug-likeness (QED) is 0.841. The van der Waals surface area contributed by atoms with E-state index in [1.807, 2.05) is 6.07 Å². The Hall–Kier alpha value is -2.40. The minimum absolute atomic E-state index is 0.351. The molecule has 5 nitrogen and oxygen atoms in total. The largest absolute Gasteiger partial charge is 0.493 e. The van der Waals surface area contributed by atoms with Crippen LogP contribution in [0.3, 0.4) is 0 Å². The molecular formula is C21H25NO4. The van der Waals surface area contributed by atoms with Gasteiger partial charge in [-0.15, -0.1) is 0 Å². The summed E-state index contributed by atoms with van der Waals surface area (Å²) < 4.78 is 22.2. The van der Waals surface area contributed by atoms with Crippen molar-refractivity contribution in [3.05, 3.63) is 46.5 Å². The first-order valence-electron chi connectivity index (χ1n) is 8.91. The van der Waals surface area contributed by atoms with Gasteiger partial charge >= 0.3 is 0 Å². The van der Waals surface area contributed by atoms with Crippen LogP contribution in [0.25, 0.3) is 0 Å². The lowest BCUT2D eigenvalue weighted by Crippen LogP contribution is -2.39. The second-order valence-electron chi connectivity index (χ2n) is 6.79. The molecule has 0 saturated heterocycles. The van der Waals surface area contributed by atoms with Gasteiger partial charge in [0.25, 0.3) is 0 Å². The second kappa shape index (κ2) is 6.72. The predicted octanol–water partition coefficient (Wildman–Crippen LogP) is 3.38. The fourth-order valence-corrected chi connectivity index (χ4v) is 4.32. The zero-order valence-corrected chi connectivity index (χ0v) is 15.8. The van der Waals surface area contributed by atoms with Crippen molar-refractivity contribution in [2.75, 3.05) is 35.0 Å². The van der Waals surface area contributed by atoms with Crippen molar-refractivity contribution >= 4 is 0 Å². The molecule has 0 aromatic heterocycles. The summed E-state index contributed by atoms with van der Waals surface area (Å²) in [5, 5.41) is 0. The number of hydrogen-bond acceptors (Lipinski definition) is 5. The van der Waals surface area contributed by atoms with Gasteiger partial charge in [-0.1, -0.05) is 6.07 Å². The van der Waals surface area contributed by atoms with Crippen LogP contribution in [0.2, 0.25) is 0 Å². The van der Waals surface area contributed by atoms with Gasteiger partial charge in [0, 0.05) is 24.7 Å². The fraction of sp³-hybridized carbons (Fsp3) is 0.429. The molecule has 0 N–H and O–H groups in total. The number of methoxy groups -OCH3 is 4. The minimum Gasteiger partial charge on any atom is -0.493 e. The van der Waals surface area contributed by atoms with E-state index in [-0.39, 0.29) is 0 Å². The Kier molecular flexibility index (Phi) is 4.41. The number of ether oxygens (including phenoxy) is 4. The lowest BCUT2D eigenvalue weighted by atomic mass is 9.83. The number of rotatable bonds is 4. The van der Waals surface area contributed by atoms with Gasteiger partial charge in [0.1, 0.15) is 0 Å². The van der Waals surface area contributed by atoms with Gasteiger partial charge in [0.15, 0.2) is 23.0 Å². The Morgan fingerprint density at radius 1 is 0.846 bits per heavy atom. The topological polar surface area (TPSA) is 40.2 Å². The molecule has 2 aromatic carbocycles. The zero-order valence-electron chi connectivity index (χ0n) is 15.8. The van der Waals surface area contributed by atoms with Crippen molar-refractivity contribution in [2.45, 2.75) is 25.4 Å². The highest BCUT2D eigenvalue weighted by molar-refractivity contribution is 5.54. The summed E-state index contributed by atoms with van der Waals surface area (Å²) in [6, 6.07) is 8.81. The molecule has 26 heavy (non-hydrogen) atoms. The standard InChI is InChI=1S/C21H25NO4/c1-23-18-6-5-13-9-17-15-11-20(25-3)19(24-2)10-14(15)7-8-22(17)12-16(13)21(18)26-4/h5-6,10-11,17H,7-9,12H2,1-4H3/t17-/m1/s1. The molecule has 0 fully saturated rings. The third-order valence-corrected chi connectivity index (χ3v) is 5.63. The molecule has 2 aromatic rings.